The molecule has 1 aliphatic heterocycles. The molecule has 1 aliphatic rings. The molecule has 2 amide bonds. The zero-order valence-electron chi connectivity index (χ0n) is 17.8. The van der Waals surface area contributed by atoms with Crippen molar-refractivity contribution in [3.8, 4) is 0 Å². The Labute approximate surface area is 199 Å². The number of hydrogen-bond acceptors (Lipinski definition) is 3. The summed E-state index contributed by atoms with van der Waals surface area (Å²) in [4.78, 5) is 31.3. The van der Waals surface area contributed by atoms with E-state index in [2.05, 4.69) is 15.9 Å². The van der Waals surface area contributed by atoms with Gasteiger partial charge in [0.1, 0.15) is 12.4 Å². The number of amides is 2. The molecule has 0 saturated heterocycles. The first kappa shape index (κ1) is 22.7. The van der Waals surface area contributed by atoms with Crippen LogP contribution in [-0.4, -0.2) is 41.2 Å². The second-order valence-electron chi connectivity index (χ2n) is 7.82. The number of nitrogens with zero attached hydrogens (tertiary/aromatic N) is 2. The van der Waals surface area contributed by atoms with Crippen molar-refractivity contribution in [3.63, 3.8) is 0 Å². The van der Waals surface area contributed by atoms with Crippen LogP contribution in [0.5, 0.6) is 0 Å². The lowest BCUT2D eigenvalue weighted by Crippen LogP contribution is -2.47. The third kappa shape index (κ3) is 4.79. The van der Waals surface area contributed by atoms with E-state index >= 15 is 0 Å². The molecule has 4 nitrogen and oxygen atoms in total. The van der Waals surface area contributed by atoms with Gasteiger partial charge in [-0.3, -0.25) is 9.59 Å². The van der Waals surface area contributed by atoms with Crippen molar-refractivity contribution in [2.45, 2.75) is 25.8 Å². The summed E-state index contributed by atoms with van der Waals surface area (Å²) in [5.41, 5.74) is 2.52. The number of benzene rings is 2. The van der Waals surface area contributed by atoms with Crippen LogP contribution in [-0.2, 0) is 11.2 Å². The molecule has 1 aromatic heterocycles. The molecule has 2 aromatic carbocycles. The van der Waals surface area contributed by atoms with Gasteiger partial charge >= 0.3 is 0 Å². The number of carbonyl (C=O) groups excluding carboxylic acids is 2. The largest absolute Gasteiger partial charge is 0.330 e. The van der Waals surface area contributed by atoms with Gasteiger partial charge in [-0.25, -0.2) is 4.39 Å². The lowest BCUT2D eigenvalue weighted by molar-refractivity contribution is -0.134. The van der Waals surface area contributed by atoms with Crippen LogP contribution < -0.4 is 0 Å². The van der Waals surface area contributed by atoms with E-state index in [1.165, 1.54) is 17.0 Å². The van der Waals surface area contributed by atoms with Gasteiger partial charge in [0, 0.05) is 28.0 Å². The van der Waals surface area contributed by atoms with Gasteiger partial charge < -0.3 is 9.80 Å². The molecule has 1 atom stereocenters. The number of thiophene rings is 1. The lowest BCUT2D eigenvalue weighted by atomic mass is 9.93. The average molecular weight is 515 g/mol. The highest BCUT2D eigenvalue weighted by molar-refractivity contribution is 9.10. The zero-order valence-corrected chi connectivity index (χ0v) is 20.2. The fourth-order valence-electron chi connectivity index (χ4n) is 4.14. The summed E-state index contributed by atoms with van der Waals surface area (Å²) in [6.07, 6.45) is 1.54. The molecule has 1 unspecified atom stereocenters. The maximum absolute atomic E-state index is 13.6. The van der Waals surface area contributed by atoms with Gasteiger partial charge in [0.05, 0.1) is 6.04 Å². The summed E-state index contributed by atoms with van der Waals surface area (Å²) >= 11 is 5.08. The zero-order chi connectivity index (χ0) is 22.7. The van der Waals surface area contributed by atoms with Crippen molar-refractivity contribution in [2.24, 2.45) is 0 Å². The predicted molar refractivity (Wildman–Crippen MR) is 128 cm³/mol. The van der Waals surface area contributed by atoms with Crippen LogP contribution in [0.3, 0.4) is 0 Å². The highest BCUT2D eigenvalue weighted by Crippen LogP contribution is 2.38. The minimum Gasteiger partial charge on any atom is -0.330 e. The molecule has 0 N–H and O–H groups in total. The van der Waals surface area contributed by atoms with E-state index in [1.807, 2.05) is 35.4 Å². The van der Waals surface area contributed by atoms with Crippen molar-refractivity contribution >= 4 is 39.1 Å². The molecule has 0 spiro atoms. The monoisotopic (exact) mass is 514 g/mol. The quantitative estimate of drug-likeness (QED) is 0.424. The van der Waals surface area contributed by atoms with Crippen LogP contribution in [0.1, 0.15) is 45.7 Å². The van der Waals surface area contributed by atoms with Crippen LogP contribution in [0, 0.1) is 5.82 Å². The standard InChI is InChI=1S/C25H24BrFN2O2S/c1-2-13-28(25(31)18-3-7-19(26)8-4-18)16-23(30)29-14-11-22-21(12-15-32-22)24(29)17-5-9-20(27)10-6-17/h3-10,12,15,24H,2,11,13-14,16H2,1H3. The second-order valence-corrected chi connectivity index (χ2v) is 9.74. The summed E-state index contributed by atoms with van der Waals surface area (Å²) in [7, 11) is 0. The Balaban J connectivity index is 1.60. The number of hydrogen-bond donors (Lipinski definition) is 0. The molecular formula is C25H24BrFN2O2S. The van der Waals surface area contributed by atoms with E-state index in [-0.39, 0.29) is 30.2 Å². The molecule has 3 aromatic rings. The Hall–Kier alpha value is -2.51. The van der Waals surface area contributed by atoms with Gasteiger partial charge in [-0.2, -0.15) is 0 Å². The van der Waals surface area contributed by atoms with Crippen LogP contribution in [0.25, 0.3) is 0 Å². The fraction of sp³-hybridized carbons (Fsp3) is 0.280. The number of rotatable bonds is 6. The van der Waals surface area contributed by atoms with Crippen molar-refractivity contribution in [1.29, 1.82) is 0 Å². The first-order valence-corrected chi connectivity index (χ1v) is 12.3. The van der Waals surface area contributed by atoms with Crippen molar-refractivity contribution < 1.29 is 14.0 Å². The highest BCUT2D eigenvalue weighted by Gasteiger charge is 2.34. The van der Waals surface area contributed by atoms with Crippen LogP contribution in [0.4, 0.5) is 4.39 Å². The van der Waals surface area contributed by atoms with Crippen molar-refractivity contribution in [1.82, 2.24) is 9.80 Å². The third-order valence-corrected chi connectivity index (χ3v) is 7.20. The SMILES string of the molecule is CCCN(CC(=O)N1CCc2sccc2C1c1ccc(F)cc1)C(=O)c1ccc(Br)cc1. The summed E-state index contributed by atoms with van der Waals surface area (Å²) in [5, 5.41) is 2.04. The molecule has 0 aliphatic carbocycles. The van der Waals surface area contributed by atoms with Gasteiger partial charge in [0.25, 0.3) is 5.91 Å². The number of halogens is 2. The van der Waals surface area contributed by atoms with Crippen LogP contribution >= 0.6 is 27.3 Å². The Morgan fingerprint density at radius 3 is 2.53 bits per heavy atom. The Morgan fingerprint density at radius 1 is 1.12 bits per heavy atom. The van der Waals surface area contributed by atoms with Gasteiger partial charge in [0.15, 0.2) is 0 Å². The van der Waals surface area contributed by atoms with Gasteiger partial charge in [0.2, 0.25) is 5.91 Å². The van der Waals surface area contributed by atoms with E-state index in [9.17, 15) is 14.0 Å². The highest BCUT2D eigenvalue weighted by atomic mass is 79.9. The van der Waals surface area contributed by atoms with E-state index in [0.29, 0.717) is 18.7 Å². The van der Waals surface area contributed by atoms with E-state index in [4.69, 9.17) is 0 Å². The van der Waals surface area contributed by atoms with Gasteiger partial charge in [-0.05, 0) is 71.8 Å². The summed E-state index contributed by atoms with van der Waals surface area (Å²) in [6.45, 7) is 3.08. The van der Waals surface area contributed by atoms with E-state index in [1.54, 1.807) is 40.5 Å². The average Bonchev–Trinajstić information content (AvgIpc) is 3.28. The molecule has 2 heterocycles. The predicted octanol–water partition coefficient (Wildman–Crippen LogP) is 5.68. The molecule has 0 fully saturated rings. The normalized spacial score (nSPS) is 15.3. The van der Waals surface area contributed by atoms with Crippen molar-refractivity contribution in [2.75, 3.05) is 19.6 Å². The topological polar surface area (TPSA) is 40.6 Å². The lowest BCUT2D eigenvalue weighted by Gasteiger charge is -2.37. The van der Waals surface area contributed by atoms with Crippen LogP contribution in [0.15, 0.2) is 64.5 Å². The smallest absolute Gasteiger partial charge is 0.254 e. The summed E-state index contributed by atoms with van der Waals surface area (Å²) in [5.74, 6) is -0.559. The van der Waals surface area contributed by atoms with Gasteiger partial charge in [-0.15, -0.1) is 11.3 Å². The third-order valence-electron chi connectivity index (χ3n) is 5.67. The Kier molecular flexibility index (Phi) is 7.06. The fourth-order valence-corrected chi connectivity index (χ4v) is 5.31. The Morgan fingerprint density at radius 2 is 1.84 bits per heavy atom. The minimum atomic E-state index is -0.304. The summed E-state index contributed by atoms with van der Waals surface area (Å²) in [6, 6.07) is 15.3. The van der Waals surface area contributed by atoms with Crippen LogP contribution in [0.2, 0.25) is 0 Å². The molecule has 32 heavy (non-hydrogen) atoms. The molecule has 166 valence electrons. The van der Waals surface area contributed by atoms with Gasteiger partial charge in [-0.1, -0.05) is 35.0 Å². The minimum absolute atomic E-state index is 0.0138. The summed E-state index contributed by atoms with van der Waals surface area (Å²) < 4.78 is 14.4. The first-order chi connectivity index (χ1) is 15.5. The Bertz CT molecular complexity index is 1100. The molecule has 0 bridgehead atoms. The molecule has 4 rings (SSSR count). The number of carbonyl (C=O) groups is 2. The molecule has 0 radical (unpaired) electrons. The van der Waals surface area contributed by atoms with E-state index < -0.39 is 0 Å². The van der Waals surface area contributed by atoms with Crippen molar-refractivity contribution in [3.05, 3.63) is 91.8 Å². The molecular weight excluding hydrogens is 491 g/mol. The van der Waals surface area contributed by atoms with E-state index in [0.717, 1.165) is 28.4 Å². The first-order valence-electron chi connectivity index (χ1n) is 10.6. The maximum atomic E-state index is 13.6. The maximum Gasteiger partial charge on any atom is 0.254 e. The second kappa shape index (κ2) is 9.96. The molecule has 0 saturated carbocycles. The molecule has 7 heteroatoms. The number of fused-ring (bicyclic) bond motifs is 1.